The molecule has 2 aromatic rings. The van der Waals surface area contributed by atoms with Gasteiger partial charge in [0, 0.05) is 29.6 Å². The Morgan fingerprint density at radius 1 is 1.00 bits per heavy atom. The lowest BCUT2D eigenvalue weighted by Gasteiger charge is -2.10. The highest BCUT2D eigenvalue weighted by Gasteiger charge is 2.12. The number of pyridine rings is 1. The van der Waals surface area contributed by atoms with Crippen LogP contribution >= 0.6 is 0 Å². The smallest absolute Gasteiger partial charge is 0.269 e. The van der Waals surface area contributed by atoms with Gasteiger partial charge in [-0.05, 0) is 70.4 Å². The Morgan fingerprint density at radius 2 is 1.70 bits per heavy atom. The van der Waals surface area contributed by atoms with E-state index in [-0.39, 0.29) is 23.3 Å². The van der Waals surface area contributed by atoms with Crippen molar-refractivity contribution in [3.05, 3.63) is 59.4 Å². The molecule has 0 saturated carbocycles. The van der Waals surface area contributed by atoms with E-state index in [4.69, 9.17) is 0 Å². The molecule has 142 valence electrons. The monoisotopic (exact) mass is 368 g/mol. The fourth-order valence-corrected chi connectivity index (χ4v) is 2.38. The van der Waals surface area contributed by atoms with Crippen LogP contribution in [-0.2, 0) is 0 Å². The molecule has 0 spiro atoms. The molecule has 0 aliphatic carbocycles. The number of aromatic nitrogens is 1. The maximum absolute atomic E-state index is 12.4. The first-order valence-electron chi connectivity index (χ1n) is 8.68. The molecule has 0 bridgehead atoms. The van der Waals surface area contributed by atoms with Crippen LogP contribution in [0.1, 0.15) is 44.5 Å². The van der Waals surface area contributed by atoms with E-state index in [1.54, 1.807) is 30.3 Å². The van der Waals surface area contributed by atoms with E-state index in [0.29, 0.717) is 23.4 Å². The van der Waals surface area contributed by atoms with Crippen molar-refractivity contribution in [2.75, 3.05) is 32.5 Å². The molecule has 2 rings (SSSR count). The molecule has 1 aromatic heterocycles. The van der Waals surface area contributed by atoms with Crippen LogP contribution in [0.2, 0.25) is 0 Å². The van der Waals surface area contributed by atoms with Crippen molar-refractivity contribution in [1.29, 1.82) is 0 Å². The fourth-order valence-electron chi connectivity index (χ4n) is 2.38. The Balaban J connectivity index is 1.98. The molecule has 0 fully saturated rings. The van der Waals surface area contributed by atoms with Gasteiger partial charge in [0.05, 0.1) is 0 Å². The largest absolute Gasteiger partial charge is 0.351 e. The van der Waals surface area contributed by atoms with E-state index < -0.39 is 0 Å². The maximum Gasteiger partial charge on any atom is 0.269 e. The van der Waals surface area contributed by atoms with Gasteiger partial charge in [-0.2, -0.15) is 0 Å². The van der Waals surface area contributed by atoms with E-state index in [0.717, 1.165) is 13.0 Å². The highest BCUT2D eigenvalue weighted by Crippen LogP contribution is 2.12. The molecule has 0 aliphatic rings. The Morgan fingerprint density at radius 3 is 2.33 bits per heavy atom. The third-order valence-electron chi connectivity index (χ3n) is 3.87. The van der Waals surface area contributed by atoms with Crippen molar-refractivity contribution in [2.45, 2.75) is 13.3 Å². The number of Topliss-reactive ketones (excluding diaryl/α,β-unsaturated/α-hetero) is 1. The highest BCUT2D eigenvalue weighted by atomic mass is 16.2. The molecule has 0 radical (unpaired) electrons. The second-order valence-electron chi connectivity index (χ2n) is 6.43. The van der Waals surface area contributed by atoms with Crippen molar-refractivity contribution in [2.24, 2.45) is 0 Å². The van der Waals surface area contributed by atoms with Crippen molar-refractivity contribution in [3.63, 3.8) is 0 Å². The third-order valence-corrected chi connectivity index (χ3v) is 3.87. The Hall–Kier alpha value is -3.06. The summed E-state index contributed by atoms with van der Waals surface area (Å²) in [6, 6.07) is 9.62. The van der Waals surface area contributed by atoms with Gasteiger partial charge in [0.2, 0.25) is 0 Å². The van der Waals surface area contributed by atoms with Gasteiger partial charge in [0.15, 0.2) is 5.78 Å². The Kier molecular flexibility index (Phi) is 7.19. The van der Waals surface area contributed by atoms with Crippen molar-refractivity contribution < 1.29 is 14.4 Å². The van der Waals surface area contributed by atoms with Crippen LogP contribution in [0.25, 0.3) is 0 Å². The quantitative estimate of drug-likeness (QED) is 0.551. The minimum Gasteiger partial charge on any atom is -0.351 e. The SMILES string of the molecule is CC(=O)c1ccc(NC(=O)c2ccnc(C(=O)NCCCN(C)C)c2)cc1. The minimum absolute atomic E-state index is 0.0387. The first-order valence-corrected chi connectivity index (χ1v) is 8.68. The van der Waals surface area contributed by atoms with Crippen LogP contribution in [0.15, 0.2) is 42.6 Å². The second-order valence-corrected chi connectivity index (χ2v) is 6.43. The number of benzene rings is 1. The summed E-state index contributed by atoms with van der Waals surface area (Å²) < 4.78 is 0. The summed E-state index contributed by atoms with van der Waals surface area (Å²) in [5.74, 6) is -0.702. The summed E-state index contributed by atoms with van der Waals surface area (Å²) in [5, 5.41) is 5.54. The van der Waals surface area contributed by atoms with E-state index in [1.165, 1.54) is 19.2 Å². The molecule has 0 unspecified atom stereocenters. The van der Waals surface area contributed by atoms with Crippen LogP contribution in [0, 0.1) is 0 Å². The van der Waals surface area contributed by atoms with Crippen LogP contribution in [-0.4, -0.2) is 54.7 Å². The molecular weight excluding hydrogens is 344 g/mol. The lowest BCUT2D eigenvalue weighted by atomic mass is 10.1. The normalized spacial score (nSPS) is 10.5. The molecule has 7 nitrogen and oxygen atoms in total. The van der Waals surface area contributed by atoms with Crippen LogP contribution in [0.3, 0.4) is 0 Å². The topological polar surface area (TPSA) is 91.4 Å². The second kappa shape index (κ2) is 9.59. The van der Waals surface area contributed by atoms with Gasteiger partial charge in [-0.1, -0.05) is 0 Å². The number of hydrogen-bond donors (Lipinski definition) is 2. The fraction of sp³-hybridized carbons (Fsp3) is 0.300. The molecular formula is C20H24N4O3. The molecule has 1 heterocycles. The lowest BCUT2D eigenvalue weighted by molar-refractivity contribution is 0.0946. The van der Waals surface area contributed by atoms with E-state index in [2.05, 4.69) is 15.6 Å². The highest BCUT2D eigenvalue weighted by molar-refractivity contribution is 6.06. The van der Waals surface area contributed by atoms with Crippen molar-refractivity contribution >= 4 is 23.3 Å². The van der Waals surface area contributed by atoms with E-state index in [1.807, 2.05) is 19.0 Å². The summed E-state index contributed by atoms with van der Waals surface area (Å²) in [7, 11) is 3.94. The molecule has 1 aromatic carbocycles. The van der Waals surface area contributed by atoms with Crippen molar-refractivity contribution in [3.8, 4) is 0 Å². The molecule has 2 amide bonds. The Labute approximate surface area is 158 Å². The Bertz CT molecular complexity index is 816. The number of nitrogens with one attached hydrogen (secondary N) is 2. The molecule has 0 atom stereocenters. The standard InChI is InChI=1S/C20H24N4O3/c1-14(25)15-5-7-17(8-6-15)23-19(26)16-9-11-21-18(13-16)20(27)22-10-4-12-24(2)3/h5-9,11,13H,4,10,12H2,1-3H3,(H,22,27)(H,23,26). The predicted octanol–water partition coefficient (Wildman–Crippen LogP) is 2.22. The number of carbonyl (C=O) groups excluding carboxylic acids is 3. The van der Waals surface area contributed by atoms with Gasteiger partial charge in [-0.15, -0.1) is 0 Å². The van der Waals surface area contributed by atoms with Gasteiger partial charge in [-0.3, -0.25) is 19.4 Å². The zero-order valence-corrected chi connectivity index (χ0v) is 15.8. The molecule has 7 heteroatoms. The van der Waals surface area contributed by atoms with E-state index >= 15 is 0 Å². The third kappa shape index (κ3) is 6.31. The molecule has 0 saturated heterocycles. The van der Waals surface area contributed by atoms with Gasteiger partial charge < -0.3 is 15.5 Å². The number of rotatable bonds is 8. The average Bonchev–Trinajstić information content (AvgIpc) is 2.65. The predicted molar refractivity (Wildman–Crippen MR) is 104 cm³/mol. The molecule has 2 N–H and O–H groups in total. The number of amides is 2. The molecule has 0 aliphatic heterocycles. The van der Waals surface area contributed by atoms with Crippen LogP contribution < -0.4 is 10.6 Å². The zero-order chi connectivity index (χ0) is 19.8. The van der Waals surface area contributed by atoms with Gasteiger partial charge >= 0.3 is 0 Å². The first kappa shape index (κ1) is 20.3. The lowest BCUT2D eigenvalue weighted by Crippen LogP contribution is -2.28. The van der Waals surface area contributed by atoms with Crippen LogP contribution in [0.5, 0.6) is 0 Å². The van der Waals surface area contributed by atoms with Gasteiger partial charge in [-0.25, -0.2) is 0 Å². The summed E-state index contributed by atoms with van der Waals surface area (Å²) in [4.78, 5) is 41.9. The number of nitrogens with zero attached hydrogens (tertiary/aromatic N) is 2. The van der Waals surface area contributed by atoms with Crippen LogP contribution in [0.4, 0.5) is 5.69 Å². The van der Waals surface area contributed by atoms with E-state index in [9.17, 15) is 14.4 Å². The first-order chi connectivity index (χ1) is 12.9. The van der Waals surface area contributed by atoms with Gasteiger partial charge in [0.1, 0.15) is 5.69 Å². The summed E-state index contributed by atoms with van der Waals surface area (Å²) in [5.41, 5.74) is 1.67. The van der Waals surface area contributed by atoms with Gasteiger partial charge in [0.25, 0.3) is 11.8 Å². The average molecular weight is 368 g/mol. The van der Waals surface area contributed by atoms with Crippen molar-refractivity contribution in [1.82, 2.24) is 15.2 Å². The number of hydrogen-bond acceptors (Lipinski definition) is 5. The summed E-state index contributed by atoms with van der Waals surface area (Å²) >= 11 is 0. The molecule has 27 heavy (non-hydrogen) atoms. The number of carbonyl (C=O) groups is 3. The maximum atomic E-state index is 12.4. The minimum atomic E-state index is -0.352. The summed E-state index contributed by atoms with van der Waals surface area (Å²) in [6.45, 7) is 2.90. The number of ketones is 1. The number of anilines is 1. The zero-order valence-electron chi connectivity index (χ0n) is 15.8. The summed E-state index contributed by atoms with van der Waals surface area (Å²) in [6.07, 6.45) is 2.26.